The molecule has 0 spiro atoms. The van der Waals surface area contributed by atoms with Crippen LogP contribution in [0.3, 0.4) is 0 Å². The molecule has 0 aromatic carbocycles. The highest BCUT2D eigenvalue weighted by molar-refractivity contribution is 9.11. The minimum absolute atomic E-state index is 0.479. The van der Waals surface area contributed by atoms with Crippen LogP contribution in [0.5, 0.6) is 0 Å². The van der Waals surface area contributed by atoms with E-state index in [4.69, 9.17) is 0 Å². The van der Waals surface area contributed by atoms with Crippen molar-refractivity contribution in [3.05, 3.63) is 26.9 Å². The van der Waals surface area contributed by atoms with Crippen LogP contribution in [-0.2, 0) is 0 Å². The molecule has 0 saturated heterocycles. The van der Waals surface area contributed by atoms with Gasteiger partial charge in [0.15, 0.2) is 0 Å². The van der Waals surface area contributed by atoms with Crippen molar-refractivity contribution in [2.24, 2.45) is 0 Å². The first-order chi connectivity index (χ1) is 8.00. The van der Waals surface area contributed by atoms with Crippen LogP contribution in [-0.4, -0.2) is 10.7 Å². The maximum atomic E-state index is 10.2. The van der Waals surface area contributed by atoms with Gasteiger partial charge < -0.3 is 5.11 Å². The molecule has 17 heavy (non-hydrogen) atoms. The van der Waals surface area contributed by atoms with Gasteiger partial charge in [-0.1, -0.05) is 19.9 Å². The maximum absolute atomic E-state index is 10.2. The largest absolute Gasteiger partial charge is 0.390 e. The van der Waals surface area contributed by atoms with E-state index < -0.39 is 5.60 Å². The summed E-state index contributed by atoms with van der Waals surface area (Å²) < 4.78 is 1.17. The number of rotatable bonds is 6. The second-order valence-electron chi connectivity index (χ2n) is 4.46. The van der Waals surface area contributed by atoms with Crippen LogP contribution >= 0.6 is 27.3 Å². The van der Waals surface area contributed by atoms with Gasteiger partial charge in [-0.05, 0) is 66.2 Å². The smallest absolute Gasteiger partial charge is 0.0704 e. The summed E-state index contributed by atoms with van der Waals surface area (Å²) in [5, 5.41) is 10.2. The van der Waals surface area contributed by atoms with Gasteiger partial charge in [0, 0.05) is 4.88 Å². The monoisotopic (exact) mass is 316 g/mol. The average molecular weight is 317 g/mol. The molecule has 0 amide bonds. The SMILES string of the molecule is CCC(O)(CC)CCC=C(C)c1ccc(Br)s1. The normalized spacial score (nSPS) is 13.1. The van der Waals surface area contributed by atoms with E-state index in [1.54, 1.807) is 11.3 Å². The minimum atomic E-state index is -0.479. The Labute approximate surface area is 117 Å². The highest BCUT2D eigenvalue weighted by Gasteiger charge is 2.20. The molecule has 0 atom stereocenters. The Bertz CT molecular complexity index is 377. The summed E-state index contributed by atoms with van der Waals surface area (Å²) in [6, 6.07) is 4.21. The van der Waals surface area contributed by atoms with Crippen molar-refractivity contribution in [3.63, 3.8) is 0 Å². The molecule has 1 aromatic heterocycles. The van der Waals surface area contributed by atoms with E-state index in [2.05, 4.69) is 54.9 Å². The van der Waals surface area contributed by atoms with Crippen LogP contribution in [0.15, 0.2) is 22.0 Å². The zero-order chi connectivity index (χ0) is 12.9. The van der Waals surface area contributed by atoms with Gasteiger partial charge in [0.05, 0.1) is 9.39 Å². The number of thiophene rings is 1. The van der Waals surface area contributed by atoms with Gasteiger partial charge >= 0.3 is 0 Å². The van der Waals surface area contributed by atoms with Gasteiger partial charge in [0.25, 0.3) is 0 Å². The minimum Gasteiger partial charge on any atom is -0.390 e. The lowest BCUT2D eigenvalue weighted by Gasteiger charge is -2.24. The molecule has 1 heterocycles. The first kappa shape index (κ1) is 14.9. The molecule has 96 valence electrons. The third kappa shape index (κ3) is 4.57. The zero-order valence-electron chi connectivity index (χ0n) is 10.8. The Morgan fingerprint density at radius 3 is 2.53 bits per heavy atom. The summed E-state index contributed by atoms with van der Waals surface area (Å²) >= 11 is 5.23. The molecule has 1 nitrogen and oxygen atoms in total. The van der Waals surface area contributed by atoms with E-state index in [1.807, 2.05) is 0 Å². The molecule has 1 N–H and O–H groups in total. The Hall–Kier alpha value is -0.120. The summed E-state index contributed by atoms with van der Waals surface area (Å²) in [5.74, 6) is 0. The van der Waals surface area contributed by atoms with Crippen LogP contribution < -0.4 is 0 Å². The summed E-state index contributed by atoms with van der Waals surface area (Å²) in [4.78, 5) is 1.30. The number of allylic oxidation sites excluding steroid dienone is 2. The number of aliphatic hydroxyl groups is 1. The van der Waals surface area contributed by atoms with E-state index >= 15 is 0 Å². The predicted octanol–water partition coefficient (Wildman–Crippen LogP) is 5.25. The molecule has 0 radical (unpaired) electrons. The second kappa shape index (κ2) is 6.72. The molecule has 3 heteroatoms. The molecule has 1 aromatic rings. The summed E-state index contributed by atoms with van der Waals surface area (Å²) in [5.41, 5.74) is 0.822. The number of hydrogen-bond acceptors (Lipinski definition) is 2. The van der Waals surface area contributed by atoms with Crippen LogP contribution in [0.25, 0.3) is 5.57 Å². The van der Waals surface area contributed by atoms with E-state index in [0.29, 0.717) is 0 Å². The van der Waals surface area contributed by atoms with Gasteiger partial charge in [-0.25, -0.2) is 0 Å². The fraction of sp³-hybridized carbons (Fsp3) is 0.571. The molecule has 0 aliphatic rings. The van der Waals surface area contributed by atoms with Crippen LogP contribution in [0, 0.1) is 0 Å². The molecular weight excluding hydrogens is 296 g/mol. The molecule has 0 unspecified atom stereocenters. The standard InChI is InChI=1S/C14H21BrOS/c1-4-14(16,5-2)10-6-7-11(3)12-8-9-13(15)17-12/h7-9,16H,4-6,10H2,1-3H3. The maximum Gasteiger partial charge on any atom is 0.0704 e. The van der Waals surface area contributed by atoms with Gasteiger partial charge in [0.2, 0.25) is 0 Å². The van der Waals surface area contributed by atoms with Gasteiger partial charge in [-0.15, -0.1) is 11.3 Å². The van der Waals surface area contributed by atoms with Crippen molar-refractivity contribution in [1.29, 1.82) is 0 Å². The topological polar surface area (TPSA) is 20.2 Å². The van der Waals surface area contributed by atoms with Gasteiger partial charge in [0.1, 0.15) is 0 Å². The molecule has 0 aliphatic heterocycles. The van der Waals surface area contributed by atoms with E-state index in [9.17, 15) is 5.11 Å². The third-order valence-electron chi connectivity index (χ3n) is 3.34. The summed E-state index contributed by atoms with van der Waals surface area (Å²) in [7, 11) is 0. The average Bonchev–Trinajstić information content (AvgIpc) is 2.75. The molecule has 0 saturated carbocycles. The first-order valence-corrected chi connectivity index (χ1v) is 7.76. The molecule has 1 rings (SSSR count). The first-order valence-electron chi connectivity index (χ1n) is 6.15. The Morgan fingerprint density at radius 2 is 2.06 bits per heavy atom. The molecule has 0 fully saturated rings. The fourth-order valence-electron chi connectivity index (χ4n) is 1.79. The summed E-state index contributed by atoms with van der Waals surface area (Å²) in [6.07, 6.45) is 5.69. The Morgan fingerprint density at radius 1 is 1.41 bits per heavy atom. The predicted molar refractivity (Wildman–Crippen MR) is 80.4 cm³/mol. The van der Waals surface area contributed by atoms with Crippen molar-refractivity contribution >= 4 is 32.8 Å². The number of hydrogen-bond donors (Lipinski definition) is 1. The highest BCUT2D eigenvalue weighted by Crippen LogP contribution is 2.29. The lowest BCUT2D eigenvalue weighted by atomic mass is 9.91. The zero-order valence-corrected chi connectivity index (χ0v) is 13.2. The Balaban J connectivity index is 2.54. The molecule has 0 aliphatic carbocycles. The van der Waals surface area contributed by atoms with Crippen molar-refractivity contribution in [3.8, 4) is 0 Å². The molecular formula is C14H21BrOS. The van der Waals surface area contributed by atoms with Gasteiger partial charge in [-0.3, -0.25) is 0 Å². The van der Waals surface area contributed by atoms with Crippen molar-refractivity contribution in [2.75, 3.05) is 0 Å². The lowest BCUT2D eigenvalue weighted by molar-refractivity contribution is 0.0246. The lowest BCUT2D eigenvalue weighted by Crippen LogP contribution is -2.25. The number of halogens is 1. The third-order valence-corrected chi connectivity index (χ3v) is 5.10. The van der Waals surface area contributed by atoms with Crippen molar-refractivity contribution < 1.29 is 5.11 Å². The van der Waals surface area contributed by atoms with E-state index in [0.717, 1.165) is 25.7 Å². The van der Waals surface area contributed by atoms with Crippen molar-refractivity contribution in [1.82, 2.24) is 0 Å². The fourth-order valence-corrected chi connectivity index (χ4v) is 3.17. The van der Waals surface area contributed by atoms with Gasteiger partial charge in [-0.2, -0.15) is 0 Å². The van der Waals surface area contributed by atoms with Crippen LogP contribution in [0.1, 0.15) is 51.3 Å². The highest BCUT2D eigenvalue weighted by atomic mass is 79.9. The van der Waals surface area contributed by atoms with Crippen LogP contribution in [0.2, 0.25) is 0 Å². The Kier molecular flexibility index (Phi) is 5.90. The quantitative estimate of drug-likeness (QED) is 0.760. The second-order valence-corrected chi connectivity index (χ2v) is 6.92. The van der Waals surface area contributed by atoms with Crippen molar-refractivity contribution in [2.45, 2.75) is 52.1 Å². The van der Waals surface area contributed by atoms with Crippen LogP contribution in [0.4, 0.5) is 0 Å². The van der Waals surface area contributed by atoms with E-state index in [1.165, 1.54) is 14.2 Å². The summed E-state index contributed by atoms with van der Waals surface area (Å²) in [6.45, 7) is 6.24. The van der Waals surface area contributed by atoms with E-state index in [-0.39, 0.29) is 0 Å². The molecule has 0 bridgehead atoms.